The Labute approximate surface area is 110 Å². The summed E-state index contributed by atoms with van der Waals surface area (Å²) in [5.41, 5.74) is 1.25. The minimum Gasteiger partial charge on any atom is -0.474 e. The van der Waals surface area contributed by atoms with E-state index in [4.69, 9.17) is 4.74 Å². The molecule has 1 fully saturated rings. The fourth-order valence-electron chi connectivity index (χ4n) is 2.54. The maximum atomic E-state index is 5.99. The van der Waals surface area contributed by atoms with Crippen molar-refractivity contribution in [2.45, 2.75) is 58.1 Å². The Hall–Kier alpha value is -1.09. The quantitative estimate of drug-likeness (QED) is 0.866. The molecule has 1 aliphatic rings. The summed E-state index contributed by atoms with van der Waals surface area (Å²) in [4.78, 5) is 4.33. The van der Waals surface area contributed by atoms with Crippen molar-refractivity contribution in [1.82, 2.24) is 10.3 Å². The molecule has 0 saturated heterocycles. The van der Waals surface area contributed by atoms with Crippen LogP contribution in [0.5, 0.6) is 5.88 Å². The van der Waals surface area contributed by atoms with E-state index in [1.807, 2.05) is 6.20 Å². The zero-order chi connectivity index (χ0) is 12.8. The average Bonchev–Trinajstić information content (AvgIpc) is 2.40. The Morgan fingerprint density at radius 1 is 1.39 bits per heavy atom. The van der Waals surface area contributed by atoms with Gasteiger partial charge in [-0.1, -0.05) is 13.3 Å². The molecule has 0 radical (unpaired) electrons. The maximum Gasteiger partial charge on any atom is 0.213 e. The minimum atomic E-state index is 0.353. The van der Waals surface area contributed by atoms with Crippen LogP contribution >= 0.6 is 0 Å². The Morgan fingerprint density at radius 3 is 2.89 bits per heavy atom. The van der Waals surface area contributed by atoms with E-state index in [1.165, 1.54) is 37.7 Å². The molecular formula is C15H24N2O. The van der Waals surface area contributed by atoms with Gasteiger partial charge in [0.05, 0.1) is 0 Å². The van der Waals surface area contributed by atoms with Crippen molar-refractivity contribution in [3.05, 3.63) is 23.9 Å². The SMILES string of the molecule is CCNC(C)c1ccnc(OC2CCCCC2)c1. The Balaban J connectivity index is 1.97. The van der Waals surface area contributed by atoms with E-state index in [0.717, 1.165) is 12.4 Å². The van der Waals surface area contributed by atoms with Crippen LogP contribution in [-0.2, 0) is 0 Å². The fourth-order valence-corrected chi connectivity index (χ4v) is 2.54. The predicted molar refractivity (Wildman–Crippen MR) is 73.8 cm³/mol. The summed E-state index contributed by atoms with van der Waals surface area (Å²) < 4.78 is 5.99. The molecule has 3 nitrogen and oxygen atoms in total. The summed E-state index contributed by atoms with van der Waals surface area (Å²) >= 11 is 0. The first-order valence-corrected chi connectivity index (χ1v) is 7.15. The molecule has 1 saturated carbocycles. The lowest BCUT2D eigenvalue weighted by molar-refractivity contribution is 0.148. The van der Waals surface area contributed by atoms with Gasteiger partial charge in [-0.25, -0.2) is 4.98 Å². The van der Waals surface area contributed by atoms with Crippen LogP contribution in [0.1, 0.15) is 57.6 Å². The standard InChI is InChI=1S/C15H24N2O/c1-3-16-12(2)13-9-10-17-15(11-13)18-14-7-5-4-6-8-14/h9-12,14,16H,3-8H2,1-2H3. The van der Waals surface area contributed by atoms with Crippen molar-refractivity contribution in [3.63, 3.8) is 0 Å². The lowest BCUT2D eigenvalue weighted by Crippen LogP contribution is -2.21. The molecule has 2 rings (SSSR count). The van der Waals surface area contributed by atoms with Crippen LogP contribution in [0.25, 0.3) is 0 Å². The van der Waals surface area contributed by atoms with Crippen molar-refractivity contribution < 1.29 is 4.74 Å². The zero-order valence-electron chi connectivity index (χ0n) is 11.5. The van der Waals surface area contributed by atoms with E-state index in [2.05, 4.69) is 36.3 Å². The molecule has 1 unspecified atom stereocenters. The molecule has 1 aromatic heterocycles. The second kappa shape index (κ2) is 6.74. The Bertz CT molecular complexity index is 361. The first-order valence-electron chi connectivity index (χ1n) is 7.15. The fraction of sp³-hybridized carbons (Fsp3) is 0.667. The second-order valence-corrected chi connectivity index (χ2v) is 5.08. The Morgan fingerprint density at radius 2 is 2.17 bits per heavy atom. The normalized spacial score (nSPS) is 18.6. The maximum absolute atomic E-state index is 5.99. The van der Waals surface area contributed by atoms with Gasteiger partial charge in [-0.15, -0.1) is 0 Å². The van der Waals surface area contributed by atoms with E-state index in [1.54, 1.807) is 0 Å². The third-order valence-corrected chi connectivity index (χ3v) is 3.61. The van der Waals surface area contributed by atoms with E-state index in [-0.39, 0.29) is 0 Å². The first-order chi connectivity index (χ1) is 8.79. The van der Waals surface area contributed by atoms with Crippen LogP contribution in [0.2, 0.25) is 0 Å². The van der Waals surface area contributed by atoms with Crippen LogP contribution < -0.4 is 10.1 Å². The predicted octanol–water partition coefficient (Wildman–Crippen LogP) is 3.46. The molecule has 100 valence electrons. The molecule has 0 aromatic carbocycles. The lowest BCUT2D eigenvalue weighted by Gasteiger charge is -2.23. The van der Waals surface area contributed by atoms with Gasteiger partial charge < -0.3 is 10.1 Å². The third-order valence-electron chi connectivity index (χ3n) is 3.61. The van der Waals surface area contributed by atoms with Gasteiger partial charge in [0.1, 0.15) is 6.10 Å². The van der Waals surface area contributed by atoms with Crippen LogP contribution in [0.3, 0.4) is 0 Å². The van der Waals surface area contributed by atoms with E-state index < -0.39 is 0 Å². The number of aromatic nitrogens is 1. The topological polar surface area (TPSA) is 34.2 Å². The van der Waals surface area contributed by atoms with Crippen molar-refractivity contribution in [2.24, 2.45) is 0 Å². The van der Waals surface area contributed by atoms with Gasteiger partial charge in [0, 0.05) is 18.3 Å². The van der Waals surface area contributed by atoms with Gasteiger partial charge in [0.15, 0.2) is 0 Å². The summed E-state index contributed by atoms with van der Waals surface area (Å²) in [5, 5.41) is 3.41. The summed E-state index contributed by atoms with van der Waals surface area (Å²) in [5.74, 6) is 0.782. The number of pyridine rings is 1. The van der Waals surface area contributed by atoms with E-state index in [9.17, 15) is 0 Å². The number of rotatable bonds is 5. The van der Waals surface area contributed by atoms with Crippen molar-refractivity contribution in [1.29, 1.82) is 0 Å². The van der Waals surface area contributed by atoms with Crippen molar-refractivity contribution >= 4 is 0 Å². The molecule has 0 amide bonds. The second-order valence-electron chi connectivity index (χ2n) is 5.08. The lowest BCUT2D eigenvalue weighted by atomic mass is 9.98. The van der Waals surface area contributed by atoms with Crippen LogP contribution in [-0.4, -0.2) is 17.6 Å². The van der Waals surface area contributed by atoms with Crippen LogP contribution in [0.4, 0.5) is 0 Å². The van der Waals surface area contributed by atoms with Crippen molar-refractivity contribution in [2.75, 3.05) is 6.54 Å². The monoisotopic (exact) mass is 248 g/mol. The summed E-state index contributed by atoms with van der Waals surface area (Å²) in [6, 6.07) is 4.48. The Kier molecular flexibility index (Phi) is 5.00. The number of ether oxygens (including phenoxy) is 1. The largest absolute Gasteiger partial charge is 0.474 e. The molecule has 1 aliphatic carbocycles. The van der Waals surface area contributed by atoms with Gasteiger partial charge in [-0.3, -0.25) is 0 Å². The van der Waals surface area contributed by atoms with Gasteiger partial charge in [-0.05, 0) is 50.8 Å². The van der Waals surface area contributed by atoms with Gasteiger partial charge in [0.2, 0.25) is 5.88 Å². The first kappa shape index (κ1) is 13.3. The smallest absolute Gasteiger partial charge is 0.213 e. The molecule has 1 atom stereocenters. The summed E-state index contributed by atoms with van der Waals surface area (Å²) in [6.45, 7) is 5.27. The van der Waals surface area contributed by atoms with Crippen LogP contribution in [0, 0.1) is 0 Å². The van der Waals surface area contributed by atoms with E-state index in [0.29, 0.717) is 12.1 Å². The number of hydrogen-bond acceptors (Lipinski definition) is 3. The molecule has 1 N–H and O–H groups in total. The molecule has 1 heterocycles. The third kappa shape index (κ3) is 3.70. The highest BCUT2D eigenvalue weighted by Gasteiger charge is 2.15. The number of nitrogens with one attached hydrogen (secondary N) is 1. The molecule has 1 aromatic rings. The van der Waals surface area contributed by atoms with Gasteiger partial charge in [-0.2, -0.15) is 0 Å². The summed E-state index contributed by atoms with van der Waals surface area (Å²) in [7, 11) is 0. The zero-order valence-corrected chi connectivity index (χ0v) is 11.5. The van der Waals surface area contributed by atoms with Crippen LogP contribution in [0.15, 0.2) is 18.3 Å². The minimum absolute atomic E-state index is 0.353. The number of hydrogen-bond donors (Lipinski definition) is 1. The van der Waals surface area contributed by atoms with Gasteiger partial charge >= 0.3 is 0 Å². The average molecular weight is 248 g/mol. The molecule has 18 heavy (non-hydrogen) atoms. The molecule has 3 heteroatoms. The number of nitrogens with zero attached hydrogens (tertiary/aromatic N) is 1. The molecule has 0 bridgehead atoms. The highest BCUT2D eigenvalue weighted by atomic mass is 16.5. The highest BCUT2D eigenvalue weighted by Crippen LogP contribution is 2.23. The molecule has 0 spiro atoms. The van der Waals surface area contributed by atoms with Crippen molar-refractivity contribution in [3.8, 4) is 5.88 Å². The van der Waals surface area contributed by atoms with Gasteiger partial charge in [0.25, 0.3) is 0 Å². The summed E-state index contributed by atoms with van der Waals surface area (Å²) in [6.07, 6.45) is 8.50. The highest BCUT2D eigenvalue weighted by molar-refractivity contribution is 5.23. The molecular weight excluding hydrogens is 224 g/mol. The molecule has 0 aliphatic heterocycles. The van der Waals surface area contributed by atoms with E-state index >= 15 is 0 Å².